The number of rotatable bonds is 3. The van der Waals surface area contributed by atoms with Crippen LogP contribution in [0.4, 0.5) is 11.5 Å². The Hall–Kier alpha value is -1.91. The number of nitro groups is 1. The van der Waals surface area contributed by atoms with Crippen LogP contribution in [0.2, 0.25) is 5.02 Å². The molecular formula is C12H14ClN5O2. The zero-order chi connectivity index (χ0) is 14.7. The summed E-state index contributed by atoms with van der Waals surface area (Å²) < 4.78 is 0. The molecule has 0 aromatic carbocycles. The number of nitrogens with zero attached hydrogens (tertiary/aromatic N) is 5. The first-order valence-corrected chi connectivity index (χ1v) is 6.59. The van der Waals surface area contributed by atoms with Crippen LogP contribution in [0.15, 0.2) is 12.3 Å². The zero-order valence-electron chi connectivity index (χ0n) is 11.0. The first kappa shape index (κ1) is 14.5. The van der Waals surface area contributed by atoms with Gasteiger partial charge in [-0.3, -0.25) is 15.0 Å². The third-order valence-corrected chi connectivity index (χ3v) is 3.64. The molecule has 0 bridgehead atoms. The minimum Gasteiger partial charge on any atom is -0.353 e. The third-order valence-electron chi connectivity index (χ3n) is 3.37. The Labute approximate surface area is 121 Å². The van der Waals surface area contributed by atoms with E-state index in [1.54, 1.807) is 0 Å². The van der Waals surface area contributed by atoms with Crippen molar-refractivity contribution in [2.24, 2.45) is 0 Å². The Morgan fingerprint density at radius 1 is 1.50 bits per heavy atom. The van der Waals surface area contributed by atoms with Gasteiger partial charge in [-0.1, -0.05) is 11.6 Å². The van der Waals surface area contributed by atoms with Crippen molar-refractivity contribution in [2.45, 2.75) is 13.0 Å². The van der Waals surface area contributed by atoms with Crippen LogP contribution in [0, 0.1) is 21.4 Å². The molecule has 8 heteroatoms. The monoisotopic (exact) mass is 295 g/mol. The highest BCUT2D eigenvalue weighted by molar-refractivity contribution is 6.33. The molecule has 106 valence electrons. The molecule has 2 heterocycles. The average molecular weight is 296 g/mol. The predicted molar refractivity (Wildman–Crippen MR) is 74.8 cm³/mol. The molecule has 7 nitrogen and oxygen atoms in total. The number of aromatic nitrogens is 1. The molecule has 0 spiro atoms. The molecule has 0 N–H and O–H groups in total. The summed E-state index contributed by atoms with van der Waals surface area (Å²) in [6, 6.07) is 3.41. The smallest absolute Gasteiger partial charge is 0.289 e. The molecule has 1 saturated heterocycles. The molecule has 0 saturated carbocycles. The van der Waals surface area contributed by atoms with Crippen LogP contribution in [0.5, 0.6) is 0 Å². The number of hydrogen-bond acceptors (Lipinski definition) is 6. The van der Waals surface area contributed by atoms with Crippen molar-refractivity contribution >= 4 is 23.1 Å². The van der Waals surface area contributed by atoms with E-state index in [1.165, 1.54) is 12.3 Å². The quantitative estimate of drug-likeness (QED) is 0.623. The lowest BCUT2D eigenvalue weighted by Crippen LogP contribution is -2.49. The summed E-state index contributed by atoms with van der Waals surface area (Å²) in [6.45, 7) is 4.73. The van der Waals surface area contributed by atoms with E-state index in [9.17, 15) is 10.1 Å². The van der Waals surface area contributed by atoms with E-state index < -0.39 is 4.92 Å². The standard InChI is InChI=1S/C12H14ClN5O2/c1-9(7-14)16-2-4-17(5-3-16)12-11(13)6-10(8-15-12)18(19)20/h6,8-9H,2-5H2,1H3. The third kappa shape index (κ3) is 2.98. The SMILES string of the molecule is CC(C#N)N1CCN(c2ncc([N+](=O)[O-])cc2Cl)CC1. The molecule has 20 heavy (non-hydrogen) atoms. The Kier molecular flexibility index (Phi) is 4.37. The molecular weight excluding hydrogens is 282 g/mol. The van der Waals surface area contributed by atoms with Crippen molar-refractivity contribution in [2.75, 3.05) is 31.1 Å². The Morgan fingerprint density at radius 2 is 2.15 bits per heavy atom. The molecule has 1 aromatic heterocycles. The lowest BCUT2D eigenvalue weighted by atomic mass is 10.2. The van der Waals surface area contributed by atoms with Crippen molar-refractivity contribution in [1.82, 2.24) is 9.88 Å². The minimum absolute atomic E-state index is 0.113. The highest BCUT2D eigenvalue weighted by atomic mass is 35.5. The lowest BCUT2D eigenvalue weighted by Gasteiger charge is -2.36. The van der Waals surface area contributed by atoms with E-state index in [1.807, 2.05) is 11.8 Å². The topological polar surface area (TPSA) is 86.3 Å². The highest BCUT2D eigenvalue weighted by Crippen LogP contribution is 2.27. The van der Waals surface area contributed by atoms with Gasteiger partial charge in [0, 0.05) is 32.2 Å². The van der Waals surface area contributed by atoms with Crippen LogP contribution >= 0.6 is 11.6 Å². The number of anilines is 1. The molecule has 1 unspecified atom stereocenters. The molecule has 0 radical (unpaired) electrons. The summed E-state index contributed by atoms with van der Waals surface area (Å²) >= 11 is 6.06. The maximum atomic E-state index is 10.6. The van der Waals surface area contributed by atoms with Crippen LogP contribution in [-0.4, -0.2) is 47.0 Å². The number of hydrogen-bond donors (Lipinski definition) is 0. The second kappa shape index (κ2) is 6.03. The van der Waals surface area contributed by atoms with Crippen molar-refractivity contribution in [3.05, 3.63) is 27.4 Å². The maximum absolute atomic E-state index is 10.6. The molecule has 0 amide bonds. The number of halogens is 1. The van der Waals surface area contributed by atoms with Gasteiger partial charge in [0.15, 0.2) is 0 Å². The largest absolute Gasteiger partial charge is 0.353 e. The van der Waals surface area contributed by atoms with Crippen LogP contribution in [-0.2, 0) is 0 Å². The van der Waals surface area contributed by atoms with Gasteiger partial charge in [0.25, 0.3) is 5.69 Å². The summed E-state index contributed by atoms with van der Waals surface area (Å²) in [5, 5.41) is 19.8. The highest BCUT2D eigenvalue weighted by Gasteiger charge is 2.23. The van der Waals surface area contributed by atoms with E-state index in [-0.39, 0.29) is 16.8 Å². The fourth-order valence-corrected chi connectivity index (χ4v) is 2.44. The van der Waals surface area contributed by atoms with Gasteiger partial charge in [0.05, 0.1) is 22.1 Å². The van der Waals surface area contributed by atoms with Crippen molar-refractivity contribution in [1.29, 1.82) is 5.26 Å². The van der Waals surface area contributed by atoms with Gasteiger partial charge in [-0.25, -0.2) is 4.98 Å². The van der Waals surface area contributed by atoms with Gasteiger partial charge < -0.3 is 4.90 Å². The van der Waals surface area contributed by atoms with Crippen LogP contribution in [0.1, 0.15) is 6.92 Å². The number of nitriles is 1. The summed E-state index contributed by atoms with van der Waals surface area (Å²) in [4.78, 5) is 18.3. The van der Waals surface area contributed by atoms with Gasteiger partial charge in [0.1, 0.15) is 12.0 Å². The van der Waals surface area contributed by atoms with E-state index >= 15 is 0 Å². The minimum atomic E-state index is -0.519. The summed E-state index contributed by atoms with van der Waals surface area (Å²) in [5.41, 5.74) is -0.115. The van der Waals surface area contributed by atoms with E-state index in [0.717, 1.165) is 13.1 Å². The maximum Gasteiger partial charge on any atom is 0.289 e. The second-order valence-electron chi connectivity index (χ2n) is 4.58. The van der Waals surface area contributed by atoms with Gasteiger partial charge in [-0.2, -0.15) is 5.26 Å². The first-order valence-electron chi connectivity index (χ1n) is 6.21. The second-order valence-corrected chi connectivity index (χ2v) is 4.99. The fourth-order valence-electron chi connectivity index (χ4n) is 2.16. The lowest BCUT2D eigenvalue weighted by molar-refractivity contribution is -0.385. The van der Waals surface area contributed by atoms with Crippen molar-refractivity contribution < 1.29 is 4.92 Å². The molecule has 2 rings (SSSR count). The van der Waals surface area contributed by atoms with Crippen molar-refractivity contribution in [3.8, 4) is 6.07 Å². The predicted octanol–water partition coefficient (Wildman–Crippen LogP) is 1.68. The van der Waals surface area contributed by atoms with Gasteiger partial charge in [-0.15, -0.1) is 0 Å². The Bertz CT molecular complexity index is 551. The van der Waals surface area contributed by atoms with Gasteiger partial charge in [0.2, 0.25) is 0 Å². The summed E-state index contributed by atoms with van der Waals surface area (Å²) in [5.74, 6) is 0.557. The fraction of sp³-hybridized carbons (Fsp3) is 0.500. The summed E-state index contributed by atoms with van der Waals surface area (Å²) in [7, 11) is 0. The molecule has 1 aliphatic rings. The van der Waals surface area contributed by atoms with Crippen LogP contribution in [0.25, 0.3) is 0 Å². The molecule has 1 aliphatic heterocycles. The normalized spacial score (nSPS) is 17.6. The average Bonchev–Trinajstić information content (AvgIpc) is 2.46. The van der Waals surface area contributed by atoms with Crippen LogP contribution in [0.3, 0.4) is 0 Å². The first-order chi connectivity index (χ1) is 9.52. The summed E-state index contributed by atoms with van der Waals surface area (Å²) in [6.07, 6.45) is 1.21. The molecule has 0 aliphatic carbocycles. The zero-order valence-corrected chi connectivity index (χ0v) is 11.7. The number of piperazine rings is 1. The molecule has 1 fully saturated rings. The van der Waals surface area contributed by atoms with E-state index in [4.69, 9.17) is 16.9 Å². The Balaban J connectivity index is 2.08. The number of pyridine rings is 1. The van der Waals surface area contributed by atoms with Crippen LogP contribution < -0.4 is 4.90 Å². The Morgan fingerprint density at radius 3 is 2.65 bits per heavy atom. The van der Waals surface area contributed by atoms with Gasteiger partial charge >= 0.3 is 0 Å². The van der Waals surface area contributed by atoms with E-state index in [2.05, 4.69) is 16.0 Å². The van der Waals surface area contributed by atoms with Crippen molar-refractivity contribution in [3.63, 3.8) is 0 Å². The molecule has 1 aromatic rings. The molecule has 1 atom stereocenters. The van der Waals surface area contributed by atoms with Gasteiger partial charge in [-0.05, 0) is 6.92 Å². The van der Waals surface area contributed by atoms with E-state index in [0.29, 0.717) is 18.9 Å².